The summed E-state index contributed by atoms with van der Waals surface area (Å²) in [5.74, 6) is -0.300. The number of carbonyl (C=O) groups excluding carboxylic acids is 1. The molecule has 0 amide bonds. The second kappa shape index (κ2) is 12.2. The fourth-order valence-electron chi connectivity index (χ4n) is 5.53. The van der Waals surface area contributed by atoms with E-state index in [0.717, 1.165) is 25.7 Å². The van der Waals surface area contributed by atoms with E-state index in [9.17, 15) is 9.90 Å². The summed E-state index contributed by atoms with van der Waals surface area (Å²) >= 11 is 0. The second-order valence-corrected chi connectivity index (χ2v) is 16.8. The maximum atomic E-state index is 12.3. The minimum Gasteiger partial charge on any atom is -0.459 e. The Labute approximate surface area is 241 Å². The Morgan fingerprint density at radius 1 is 0.868 bits per heavy atom. The van der Waals surface area contributed by atoms with Gasteiger partial charge in [0.25, 0.3) is 0 Å². The molecule has 0 aromatic carbocycles. The zero-order valence-corrected chi connectivity index (χ0v) is 27.6. The normalized spacial score (nSPS) is 29.5. The summed E-state index contributed by atoms with van der Waals surface area (Å²) < 4.78 is 17.1. The van der Waals surface area contributed by atoms with E-state index < -0.39 is 6.29 Å². The Morgan fingerprint density at radius 2 is 1.26 bits per heavy atom. The number of piperidine rings is 2. The third kappa shape index (κ3) is 8.50. The summed E-state index contributed by atoms with van der Waals surface area (Å²) in [5.41, 5.74) is 0.768. The SMILES string of the molecule is C=C(C)C(=O)OC1CC(C(C)(C)C)N(SSN2C(C(C)(C)C)CC(OC(O)C(=C)C)CC2(C)C)C(C)(C)C1. The molecule has 1 N–H and O–H groups in total. The van der Waals surface area contributed by atoms with Crippen LogP contribution in [-0.4, -0.2) is 61.3 Å². The largest absolute Gasteiger partial charge is 0.459 e. The number of hydrogen-bond donors (Lipinski definition) is 1. The van der Waals surface area contributed by atoms with E-state index in [-0.39, 0.29) is 52.2 Å². The third-order valence-corrected chi connectivity index (χ3v) is 10.8. The minimum absolute atomic E-state index is 0.00238. The average Bonchev–Trinajstić information content (AvgIpc) is 2.70. The van der Waals surface area contributed by atoms with Crippen molar-refractivity contribution in [3.8, 4) is 0 Å². The summed E-state index contributed by atoms with van der Waals surface area (Å²) in [7, 11) is 3.66. The first-order valence-electron chi connectivity index (χ1n) is 13.8. The lowest BCUT2D eigenvalue weighted by Crippen LogP contribution is -2.59. The molecule has 6 nitrogen and oxygen atoms in total. The monoisotopic (exact) mass is 570 g/mol. The quantitative estimate of drug-likeness (QED) is 0.0802. The van der Waals surface area contributed by atoms with Gasteiger partial charge in [0.15, 0.2) is 6.29 Å². The van der Waals surface area contributed by atoms with Crippen LogP contribution in [0, 0.1) is 10.8 Å². The Morgan fingerprint density at radius 3 is 1.63 bits per heavy atom. The smallest absolute Gasteiger partial charge is 0.333 e. The molecule has 0 saturated carbocycles. The molecular weight excluding hydrogens is 516 g/mol. The van der Waals surface area contributed by atoms with Crippen molar-refractivity contribution in [2.24, 2.45) is 10.8 Å². The predicted molar refractivity (Wildman–Crippen MR) is 162 cm³/mol. The Balaban J connectivity index is 2.29. The number of hydrogen-bond acceptors (Lipinski definition) is 8. The summed E-state index contributed by atoms with van der Waals surface area (Å²) in [6.45, 7) is 33.9. The Bertz CT molecular complexity index is 874. The van der Waals surface area contributed by atoms with Crippen molar-refractivity contribution in [1.29, 1.82) is 0 Å². The van der Waals surface area contributed by atoms with Crippen LogP contribution in [0.3, 0.4) is 0 Å². The molecule has 0 bridgehead atoms. The molecule has 38 heavy (non-hydrogen) atoms. The van der Waals surface area contributed by atoms with Crippen LogP contribution in [0.2, 0.25) is 0 Å². The van der Waals surface area contributed by atoms with Gasteiger partial charge < -0.3 is 14.6 Å². The van der Waals surface area contributed by atoms with Crippen LogP contribution >= 0.6 is 22.0 Å². The van der Waals surface area contributed by atoms with Gasteiger partial charge in [0.1, 0.15) is 6.10 Å². The molecule has 0 aromatic rings. The van der Waals surface area contributed by atoms with Gasteiger partial charge >= 0.3 is 5.97 Å². The first kappa shape index (κ1) is 33.7. The van der Waals surface area contributed by atoms with E-state index in [1.165, 1.54) is 0 Å². The van der Waals surface area contributed by atoms with E-state index in [1.54, 1.807) is 13.8 Å². The van der Waals surface area contributed by atoms with E-state index in [1.807, 2.05) is 22.0 Å². The van der Waals surface area contributed by atoms with Gasteiger partial charge in [0.2, 0.25) is 0 Å². The third-order valence-electron chi connectivity index (χ3n) is 7.74. The molecule has 2 heterocycles. The summed E-state index contributed by atoms with van der Waals surface area (Å²) in [4.78, 5) is 12.3. The fraction of sp³-hybridized carbons (Fsp3) is 0.833. The molecule has 2 aliphatic rings. The number of ether oxygens (including phenoxy) is 2. The average molecular weight is 571 g/mol. The highest BCUT2D eigenvalue weighted by Gasteiger charge is 2.50. The number of carbonyl (C=O) groups is 1. The number of rotatable bonds is 8. The first-order chi connectivity index (χ1) is 17.1. The van der Waals surface area contributed by atoms with Gasteiger partial charge in [0.05, 0.1) is 6.10 Å². The Kier molecular flexibility index (Phi) is 10.8. The topological polar surface area (TPSA) is 62.2 Å². The molecule has 0 aromatic heterocycles. The van der Waals surface area contributed by atoms with E-state index in [4.69, 9.17) is 9.47 Å². The van der Waals surface area contributed by atoms with E-state index >= 15 is 0 Å². The van der Waals surface area contributed by atoms with E-state index in [0.29, 0.717) is 11.1 Å². The van der Waals surface area contributed by atoms with Crippen LogP contribution in [-0.2, 0) is 14.3 Å². The summed E-state index contributed by atoms with van der Waals surface area (Å²) in [6, 6.07) is 0.464. The van der Waals surface area contributed by atoms with Crippen molar-refractivity contribution >= 4 is 27.9 Å². The lowest BCUT2D eigenvalue weighted by Gasteiger charge is -2.56. The fourth-order valence-corrected chi connectivity index (χ4v) is 9.50. The van der Waals surface area contributed by atoms with Gasteiger partial charge in [-0.2, -0.15) is 0 Å². The minimum atomic E-state index is -0.932. The zero-order chi connectivity index (χ0) is 29.4. The zero-order valence-electron chi connectivity index (χ0n) is 26.0. The summed E-state index contributed by atoms with van der Waals surface area (Å²) in [5, 5.41) is 10.4. The van der Waals surface area contributed by atoms with Crippen molar-refractivity contribution in [1.82, 2.24) is 8.61 Å². The van der Waals surface area contributed by atoms with Gasteiger partial charge in [-0.05, 0) is 70.8 Å². The van der Waals surface area contributed by atoms with Crippen molar-refractivity contribution in [2.45, 2.75) is 150 Å². The molecule has 0 spiro atoms. The molecular formula is C30H54N2O4S2. The number of aliphatic hydroxyl groups is 1. The molecule has 220 valence electrons. The van der Waals surface area contributed by atoms with Crippen LogP contribution in [0.15, 0.2) is 24.3 Å². The van der Waals surface area contributed by atoms with Crippen LogP contribution in [0.4, 0.5) is 0 Å². The molecule has 0 radical (unpaired) electrons. The van der Waals surface area contributed by atoms with Crippen molar-refractivity contribution in [3.63, 3.8) is 0 Å². The van der Waals surface area contributed by atoms with Crippen LogP contribution in [0.25, 0.3) is 0 Å². The predicted octanol–water partition coefficient (Wildman–Crippen LogP) is 7.54. The highest BCUT2D eigenvalue weighted by atomic mass is 33.1. The molecule has 8 heteroatoms. The number of aliphatic hydroxyl groups excluding tert-OH is 1. The first-order valence-corrected chi connectivity index (χ1v) is 15.9. The lowest BCUT2D eigenvalue weighted by atomic mass is 9.76. The van der Waals surface area contributed by atoms with Crippen LogP contribution in [0.5, 0.6) is 0 Å². The molecule has 2 aliphatic heterocycles. The molecule has 2 rings (SSSR count). The van der Waals surface area contributed by atoms with Gasteiger partial charge in [-0.15, -0.1) is 0 Å². The van der Waals surface area contributed by atoms with Crippen LogP contribution < -0.4 is 0 Å². The van der Waals surface area contributed by atoms with Crippen molar-refractivity contribution in [3.05, 3.63) is 24.3 Å². The van der Waals surface area contributed by atoms with Gasteiger partial charge in [-0.25, -0.2) is 13.4 Å². The Hall–Kier alpha value is -0.510. The highest BCUT2D eigenvalue weighted by Crippen LogP contribution is 2.53. The number of esters is 1. The van der Waals surface area contributed by atoms with Crippen LogP contribution in [0.1, 0.15) is 109 Å². The van der Waals surface area contributed by atoms with Gasteiger partial charge in [-0.1, -0.05) is 54.7 Å². The van der Waals surface area contributed by atoms with Gasteiger partial charge in [-0.3, -0.25) is 0 Å². The highest BCUT2D eigenvalue weighted by molar-refractivity contribution is 8.74. The molecule has 5 unspecified atom stereocenters. The van der Waals surface area contributed by atoms with Crippen molar-refractivity contribution < 1.29 is 19.4 Å². The molecule has 0 aliphatic carbocycles. The summed E-state index contributed by atoms with van der Waals surface area (Å²) in [6.07, 6.45) is 2.12. The van der Waals surface area contributed by atoms with Gasteiger partial charge in [0, 0.05) is 63.5 Å². The lowest BCUT2D eigenvalue weighted by molar-refractivity contribution is -0.150. The molecule has 5 atom stereocenters. The maximum Gasteiger partial charge on any atom is 0.333 e. The molecule has 2 saturated heterocycles. The number of nitrogens with zero attached hydrogens (tertiary/aromatic N) is 2. The maximum absolute atomic E-state index is 12.3. The van der Waals surface area contributed by atoms with E-state index in [2.05, 4.69) is 91.0 Å². The molecule has 2 fully saturated rings. The second-order valence-electron chi connectivity index (χ2n) is 14.8. The van der Waals surface area contributed by atoms with Crippen molar-refractivity contribution in [2.75, 3.05) is 0 Å². The standard InChI is InChI=1S/C30H54N2O4S2/c1-19(2)25(33)35-21-15-23(27(5,6)7)31(29(11,12)17-21)37-38-32-24(28(8,9)10)16-22(18-30(32,13)14)36-26(34)20(3)4/h21-25,33H,1,3,15-18H2,2,4-14H3.